The molecule has 0 aliphatic heterocycles. The lowest BCUT2D eigenvalue weighted by Gasteiger charge is -1.98. The summed E-state index contributed by atoms with van der Waals surface area (Å²) in [6.45, 7) is 2.05. The van der Waals surface area contributed by atoms with Crippen LogP contribution >= 0.6 is 0 Å². The van der Waals surface area contributed by atoms with Crippen LogP contribution < -0.4 is 0 Å². The highest BCUT2D eigenvalue weighted by molar-refractivity contribution is 6.09. The molecule has 0 atom stereocenters. The molecule has 0 saturated heterocycles. The molecule has 0 spiro atoms. The van der Waals surface area contributed by atoms with E-state index in [0.29, 0.717) is 17.0 Å². The highest BCUT2D eigenvalue weighted by atomic mass is 16.4. The number of hydrogen-bond donors (Lipinski definition) is 0. The Morgan fingerprint density at radius 2 is 1.77 bits per heavy atom. The van der Waals surface area contributed by atoms with Crippen molar-refractivity contribution in [3.8, 4) is 0 Å². The summed E-state index contributed by atoms with van der Waals surface area (Å²) in [5.74, 6) is 0.194. The number of nitrogens with zero attached hydrogens (tertiary/aromatic N) is 1. The molecule has 2 heterocycles. The number of aromatic nitrogens is 1. The Hall–Kier alpha value is -2.94. The molecule has 3 heteroatoms. The second kappa shape index (κ2) is 4.81. The zero-order valence-corrected chi connectivity index (χ0v) is 12.0. The molecule has 106 valence electrons. The molecule has 0 radical (unpaired) electrons. The van der Waals surface area contributed by atoms with Crippen LogP contribution in [0.3, 0.4) is 0 Å². The van der Waals surface area contributed by atoms with E-state index in [1.54, 1.807) is 18.2 Å². The Kier molecular flexibility index (Phi) is 2.79. The Morgan fingerprint density at radius 3 is 2.59 bits per heavy atom. The quantitative estimate of drug-likeness (QED) is 0.509. The smallest absolute Gasteiger partial charge is 0.228 e. The van der Waals surface area contributed by atoms with E-state index in [-0.39, 0.29) is 5.78 Å². The van der Waals surface area contributed by atoms with E-state index in [9.17, 15) is 4.79 Å². The molecule has 0 aliphatic carbocycles. The van der Waals surface area contributed by atoms with Crippen LogP contribution in [-0.2, 0) is 0 Å². The first-order valence-corrected chi connectivity index (χ1v) is 7.11. The molecule has 0 amide bonds. The number of ketones is 1. The van der Waals surface area contributed by atoms with Crippen molar-refractivity contribution < 1.29 is 9.21 Å². The number of carbonyl (C=O) groups is 1. The molecule has 0 unspecified atom stereocenters. The van der Waals surface area contributed by atoms with Crippen molar-refractivity contribution in [2.45, 2.75) is 6.92 Å². The third-order valence-corrected chi connectivity index (χ3v) is 3.72. The van der Waals surface area contributed by atoms with Gasteiger partial charge in [-0.1, -0.05) is 42.0 Å². The second-order valence-corrected chi connectivity index (χ2v) is 5.38. The van der Waals surface area contributed by atoms with Crippen molar-refractivity contribution in [3.05, 3.63) is 77.6 Å². The summed E-state index contributed by atoms with van der Waals surface area (Å²) in [4.78, 5) is 16.9. The Morgan fingerprint density at radius 1 is 0.955 bits per heavy atom. The van der Waals surface area contributed by atoms with Crippen molar-refractivity contribution in [2.24, 2.45) is 0 Å². The Bertz CT molecular complexity index is 1000. The van der Waals surface area contributed by atoms with Crippen molar-refractivity contribution in [2.75, 3.05) is 0 Å². The third-order valence-electron chi connectivity index (χ3n) is 3.72. The lowest BCUT2D eigenvalue weighted by molar-refractivity contribution is 0.101. The number of hydrogen-bond acceptors (Lipinski definition) is 3. The predicted octanol–water partition coefficient (Wildman–Crippen LogP) is 4.52. The molecule has 4 rings (SSSR count). The fraction of sp³-hybridized carbons (Fsp3) is 0.0526. The van der Waals surface area contributed by atoms with E-state index < -0.39 is 0 Å². The van der Waals surface area contributed by atoms with Crippen molar-refractivity contribution in [1.82, 2.24) is 4.98 Å². The standard InChI is InChI=1S/C19H13NO2/c1-12-7-8-16-14(9-12)10-15-11-17(22-19(15)20-16)18(21)13-5-3-2-4-6-13/h2-11H,1H3. The molecule has 3 nitrogen and oxygen atoms in total. The fourth-order valence-corrected chi connectivity index (χ4v) is 2.60. The highest BCUT2D eigenvalue weighted by Crippen LogP contribution is 2.24. The van der Waals surface area contributed by atoms with Crippen LogP contribution in [-0.4, -0.2) is 10.8 Å². The molecule has 0 saturated carbocycles. The summed E-state index contributed by atoms with van der Waals surface area (Å²) in [6, 6.07) is 18.9. The van der Waals surface area contributed by atoms with E-state index in [1.807, 2.05) is 43.3 Å². The first kappa shape index (κ1) is 12.8. The van der Waals surface area contributed by atoms with Crippen LogP contribution in [0.2, 0.25) is 0 Å². The lowest BCUT2D eigenvalue weighted by atomic mass is 10.1. The summed E-state index contributed by atoms with van der Waals surface area (Å²) < 4.78 is 5.66. The van der Waals surface area contributed by atoms with Crippen molar-refractivity contribution >= 4 is 27.8 Å². The number of furan rings is 1. The average Bonchev–Trinajstić information content (AvgIpc) is 2.95. The SMILES string of the molecule is Cc1ccc2nc3oc(C(=O)c4ccccc4)cc3cc2c1. The van der Waals surface area contributed by atoms with Crippen molar-refractivity contribution in [3.63, 3.8) is 0 Å². The number of rotatable bonds is 2. The summed E-state index contributed by atoms with van der Waals surface area (Å²) in [7, 11) is 0. The molecule has 4 aromatic rings. The van der Waals surface area contributed by atoms with Crippen LogP contribution in [0, 0.1) is 6.92 Å². The van der Waals surface area contributed by atoms with Crippen LogP contribution in [0.1, 0.15) is 21.7 Å². The van der Waals surface area contributed by atoms with Crippen LogP contribution in [0.25, 0.3) is 22.0 Å². The zero-order chi connectivity index (χ0) is 15.1. The monoisotopic (exact) mass is 287 g/mol. The molecule has 0 aliphatic rings. The van der Waals surface area contributed by atoms with E-state index in [1.165, 1.54) is 5.56 Å². The summed E-state index contributed by atoms with van der Waals surface area (Å²) in [5, 5.41) is 1.89. The van der Waals surface area contributed by atoms with E-state index in [4.69, 9.17) is 4.42 Å². The summed E-state index contributed by atoms with van der Waals surface area (Å²) in [6.07, 6.45) is 0. The minimum absolute atomic E-state index is 0.126. The third kappa shape index (κ3) is 2.07. The van der Waals surface area contributed by atoms with Gasteiger partial charge in [-0.05, 0) is 31.2 Å². The van der Waals surface area contributed by atoms with Gasteiger partial charge in [0.2, 0.25) is 11.5 Å². The molecule has 2 aromatic carbocycles. The van der Waals surface area contributed by atoms with Gasteiger partial charge in [-0.25, -0.2) is 4.98 Å². The Labute approximate surface area is 127 Å². The first-order chi connectivity index (χ1) is 10.7. The topological polar surface area (TPSA) is 43.1 Å². The van der Waals surface area contributed by atoms with Gasteiger partial charge >= 0.3 is 0 Å². The molecular weight excluding hydrogens is 274 g/mol. The van der Waals surface area contributed by atoms with Gasteiger partial charge in [0.05, 0.1) is 5.52 Å². The van der Waals surface area contributed by atoms with Gasteiger partial charge in [0.15, 0.2) is 5.76 Å². The lowest BCUT2D eigenvalue weighted by Crippen LogP contribution is -1.98. The predicted molar refractivity (Wildman–Crippen MR) is 86.1 cm³/mol. The van der Waals surface area contributed by atoms with E-state index >= 15 is 0 Å². The van der Waals surface area contributed by atoms with Gasteiger partial charge in [0.25, 0.3) is 0 Å². The van der Waals surface area contributed by atoms with Gasteiger partial charge in [-0.2, -0.15) is 0 Å². The van der Waals surface area contributed by atoms with Crippen molar-refractivity contribution in [1.29, 1.82) is 0 Å². The fourth-order valence-electron chi connectivity index (χ4n) is 2.60. The van der Waals surface area contributed by atoms with Gasteiger partial charge in [-0.15, -0.1) is 0 Å². The van der Waals surface area contributed by atoms with Crippen LogP contribution in [0.15, 0.2) is 65.1 Å². The maximum atomic E-state index is 12.4. The second-order valence-electron chi connectivity index (χ2n) is 5.38. The molecule has 22 heavy (non-hydrogen) atoms. The minimum atomic E-state index is -0.126. The normalized spacial score (nSPS) is 11.1. The molecule has 0 N–H and O–H groups in total. The average molecular weight is 287 g/mol. The van der Waals surface area contributed by atoms with Gasteiger partial charge < -0.3 is 4.42 Å². The summed E-state index contributed by atoms with van der Waals surface area (Å²) in [5.41, 5.74) is 3.15. The number of carbonyl (C=O) groups excluding carboxylic acids is 1. The molecular formula is C19H13NO2. The van der Waals surface area contributed by atoms with E-state index in [0.717, 1.165) is 16.3 Å². The highest BCUT2D eigenvalue weighted by Gasteiger charge is 2.15. The number of benzene rings is 2. The molecule has 0 bridgehead atoms. The summed E-state index contributed by atoms with van der Waals surface area (Å²) >= 11 is 0. The van der Waals surface area contributed by atoms with Gasteiger partial charge in [0, 0.05) is 16.3 Å². The maximum Gasteiger partial charge on any atom is 0.228 e. The molecule has 2 aromatic heterocycles. The number of fused-ring (bicyclic) bond motifs is 2. The van der Waals surface area contributed by atoms with Crippen LogP contribution in [0.4, 0.5) is 0 Å². The van der Waals surface area contributed by atoms with E-state index in [2.05, 4.69) is 11.1 Å². The minimum Gasteiger partial charge on any atom is -0.434 e. The first-order valence-electron chi connectivity index (χ1n) is 7.11. The zero-order valence-electron chi connectivity index (χ0n) is 12.0. The Balaban J connectivity index is 1.86. The maximum absolute atomic E-state index is 12.4. The number of aryl methyl sites for hydroxylation is 1. The molecule has 0 fully saturated rings. The largest absolute Gasteiger partial charge is 0.434 e. The number of pyridine rings is 1. The van der Waals surface area contributed by atoms with Gasteiger partial charge in [0.1, 0.15) is 0 Å². The van der Waals surface area contributed by atoms with Gasteiger partial charge in [-0.3, -0.25) is 4.79 Å². The van der Waals surface area contributed by atoms with Crippen LogP contribution in [0.5, 0.6) is 0 Å².